The Morgan fingerprint density at radius 2 is 1.67 bits per heavy atom. The van der Waals surface area contributed by atoms with Gasteiger partial charge in [0.25, 0.3) is 0 Å². The molecule has 0 bridgehead atoms. The monoisotopic (exact) mass is 434 g/mol. The van der Waals surface area contributed by atoms with Gasteiger partial charge in [-0.3, -0.25) is 4.98 Å². The summed E-state index contributed by atoms with van der Waals surface area (Å²) in [5.41, 5.74) is 1.77. The number of aryl methyl sites for hydroxylation is 1. The van der Waals surface area contributed by atoms with Crippen LogP contribution in [0.15, 0.2) is 83.4 Å². The first kappa shape index (κ1) is 15.2. The van der Waals surface area contributed by atoms with Crippen LogP contribution >= 0.6 is 0 Å². The van der Waals surface area contributed by atoms with Crippen LogP contribution in [-0.2, 0) is 6.37 Å². The van der Waals surface area contributed by atoms with Crippen molar-refractivity contribution < 1.29 is 11.3 Å². The molecular formula is C31H27NO. The van der Waals surface area contributed by atoms with Crippen molar-refractivity contribution in [3.8, 4) is 11.3 Å². The number of fused-ring (bicyclic) bond motifs is 6. The van der Waals surface area contributed by atoms with Crippen molar-refractivity contribution in [2.75, 3.05) is 0 Å². The van der Waals surface area contributed by atoms with Gasteiger partial charge in [0.1, 0.15) is 11.2 Å². The Morgan fingerprint density at radius 1 is 0.848 bits per heavy atom. The summed E-state index contributed by atoms with van der Waals surface area (Å²) in [5, 5.41) is 6.48. The average molecular weight is 435 g/mol. The van der Waals surface area contributed by atoms with E-state index in [1.54, 1.807) is 26.8 Å². The summed E-state index contributed by atoms with van der Waals surface area (Å²) in [5.74, 6) is 0. The largest absolute Gasteiger partial charge is 0.455 e. The predicted molar refractivity (Wildman–Crippen MR) is 140 cm³/mol. The highest BCUT2D eigenvalue weighted by Gasteiger charge is 2.17. The highest BCUT2D eigenvalue weighted by Crippen LogP contribution is 2.39. The summed E-state index contributed by atoms with van der Waals surface area (Å²) in [4.78, 5) is 4.50. The van der Waals surface area contributed by atoms with E-state index in [2.05, 4.69) is 41.4 Å². The van der Waals surface area contributed by atoms with Gasteiger partial charge >= 0.3 is 0 Å². The summed E-state index contributed by atoms with van der Waals surface area (Å²) in [7, 11) is 0. The molecule has 2 nitrogen and oxygen atoms in total. The van der Waals surface area contributed by atoms with E-state index in [1.165, 1.54) is 17.0 Å². The molecule has 0 saturated carbocycles. The molecule has 6 rings (SSSR count). The van der Waals surface area contributed by atoms with Gasteiger partial charge in [0.2, 0.25) is 0 Å². The van der Waals surface area contributed by atoms with Crippen LogP contribution in [0.25, 0.3) is 54.7 Å². The molecule has 0 N–H and O–H groups in total. The zero-order valence-electron chi connectivity index (χ0n) is 23.9. The summed E-state index contributed by atoms with van der Waals surface area (Å²) in [6.45, 7) is 2.81. The number of furan rings is 1. The number of hydrogen-bond donors (Lipinski definition) is 0. The number of rotatable bonds is 2. The third kappa shape index (κ3) is 3.38. The standard InChI is InChI=1S/C31H27NO/c1-19-18-32-28(14-22(19)17-31(2,3)4)25-11-7-10-24-27-16-26-21(15-29(27)33-30(24)25)13-12-20-8-5-6-9-23(20)26/h5-16,18H,17H2,1-4H3/i1D3,17D2. The van der Waals surface area contributed by atoms with Crippen LogP contribution in [0.1, 0.15) is 38.8 Å². The van der Waals surface area contributed by atoms with Crippen molar-refractivity contribution in [1.29, 1.82) is 0 Å². The quantitative estimate of drug-likeness (QED) is 0.254. The molecule has 0 aliphatic rings. The molecule has 2 heterocycles. The van der Waals surface area contributed by atoms with Crippen LogP contribution in [0.2, 0.25) is 0 Å². The normalized spacial score (nSPS) is 15.4. The van der Waals surface area contributed by atoms with E-state index in [0.717, 1.165) is 27.1 Å². The lowest BCUT2D eigenvalue weighted by Crippen LogP contribution is -2.10. The average Bonchev–Trinajstić information content (AvgIpc) is 3.23. The van der Waals surface area contributed by atoms with E-state index in [0.29, 0.717) is 16.8 Å². The number of benzene rings is 4. The maximum Gasteiger partial charge on any atom is 0.144 e. The molecule has 0 atom stereocenters. The van der Waals surface area contributed by atoms with Crippen LogP contribution in [0.4, 0.5) is 0 Å². The molecule has 0 amide bonds. The fraction of sp³-hybridized carbons (Fsp3) is 0.194. The molecule has 33 heavy (non-hydrogen) atoms. The molecule has 0 saturated heterocycles. The molecule has 2 heteroatoms. The van der Waals surface area contributed by atoms with E-state index >= 15 is 0 Å². The minimum atomic E-state index is -2.49. The molecule has 0 unspecified atom stereocenters. The zero-order valence-corrected chi connectivity index (χ0v) is 18.9. The molecule has 0 aliphatic heterocycles. The Labute approximate surface area is 200 Å². The number of hydrogen-bond acceptors (Lipinski definition) is 2. The van der Waals surface area contributed by atoms with Crippen LogP contribution in [0.3, 0.4) is 0 Å². The first-order valence-corrected chi connectivity index (χ1v) is 11.1. The molecule has 0 spiro atoms. The first-order chi connectivity index (χ1) is 17.9. The van der Waals surface area contributed by atoms with Crippen LogP contribution in [0.5, 0.6) is 0 Å². The van der Waals surface area contributed by atoms with Crippen LogP contribution < -0.4 is 0 Å². The fourth-order valence-corrected chi connectivity index (χ4v) is 4.61. The molecule has 4 aromatic carbocycles. The molecule has 6 aromatic rings. The summed E-state index contributed by atoms with van der Waals surface area (Å²) < 4.78 is 48.2. The number of para-hydroxylation sites is 1. The van der Waals surface area contributed by atoms with Gasteiger partial charge in [0.15, 0.2) is 0 Å². The van der Waals surface area contributed by atoms with Gasteiger partial charge in [0, 0.05) is 29.4 Å². The highest BCUT2D eigenvalue weighted by atomic mass is 16.3. The lowest BCUT2D eigenvalue weighted by molar-refractivity contribution is 0.410. The van der Waals surface area contributed by atoms with Gasteiger partial charge in [-0.25, -0.2) is 0 Å². The van der Waals surface area contributed by atoms with Gasteiger partial charge in [-0.2, -0.15) is 0 Å². The number of pyridine rings is 1. The number of aromatic nitrogens is 1. The SMILES string of the molecule is [2H]C([2H])([2H])c1cnc(-c2cccc3c2oc2cc4ccc5ccccc5c4cc23)cc1C([2H])([2H])C(C)(C)C. The number of nitrogens with zero attached hydrogens (tertiary/aromatic N) is 1. The van der Waals surface area contributed by atoms with Gasteiger partial charge in [-0.05, 0) is 75.6 Å². The Hall–Kier alpha value is -3.65. The smallest absolute Gasteiger partial charge is 0.144 e. The van der Waals surface area contributed by atoms with Gasteiger partial charge in [-0.1, -0.05) is 69.3 Å². The van der Waals surface area contributed by atoms with Crippen molar-refractivity contribution in [3.63, 3.8) is 0 Å². The topological polar surface area (TPSA) is 26.0 Å². The molecule has 0 fully saturated rings. The fourth-order valence-electron chi connectivity index (χ4n) is 4.61. The Morgan fingerprint density at radius 3 is 2.52 bits per heavy atom. The second-order valence-corrected chi connectivity index (χ2v) is 9.63. The minimum absolute atomic E-state index is 0.0731. The molecule has 0 aliphatic carbocycles. The van der Waals surface area contributed by atoms with E-state index in [9.17, 15) is 0 Å². The Bertz CT molecular complexity index is 1880. The predicted octanol–water partition coefficient (Wildman–Crippen LogP) is 8.85. The molecule has 162 valence electrons. The molecule has 2 aromatic heterocycles. The summed E-state index contributed by atoms with van der Waals surface area (Å²) in [6.07, 6.45) is -0.613. The maximum atomic E-state index is 8.86. The third-order valence-electron chi connectivity index (χ3n) is 6.05. The van der Waals surface area contributed by atoms with E-state index in [4.69, 9.17) is 11.3 Å². The Balaban J connectivity index is 1.62. The van der Waals surface area contributed by atoms with E-state index < -0.39 is 18.6 Å². The highest BCUT2D eigenvalue weighted by molar-refractivity contribution is 6.17. The Kier molecular flexibility index (Phi) is 3.31. The summed E-state index contributed by atoms with van der Waals surface area (Å²) >= 11 is 0. The molecular weight excluding hydrogens is 402 g/mol. The second kappa shape index (κ2) is 7.18. The van der Waals surface area contributed by atoms with Crippen molar-refractivity contribution in [3.05, 3.63) is 90.1 Å². The van der Waals surface area contributed by atoms with E-state index in [-0.39, 0.29) is 11.1 Å². The van der Waals surface area contributed by atoms with Crippen LogP contribution in [-0.4, -0.2) is 4.98 Å². The maximum absolute atomic E-state index is 8.86. The first-order valence-electron chi connectivity index (χ1n) is 13.6. The van der Waals surface area contributed by atoms with Crippen LogP contribution in [0, 0.1) is 12.3 Å². The summed E-state index contributed by atoms with van der Waals surface area (Å²) in [6, 6.07) is 24.1. The lowest BCUT2D eigenvalue weighted by Gasteiger charge is -2.20. The van der Waals surface area contributed by atoms with Crippen molar-refractivity contribution in [1.82, 2.24) is 4.98 Å². The molecule has 0 radical (unpaired) electrons. The van der Waals surface area contributed by atoms with Gasteiger partial charge in [0.05, 0.1) is 5.69 Å². The minimum Gasteiger partial charge on any atom is -0.455 e. The second-order valence-electron chi connectivity index (χ2n) is 9.63. The third-order valence-corrected chi connectivity index (χ3v) is 6.05. The van der Waals surface area contributed by atoms with Crippen molar-refractivity contribution >= 4 is 43.5 Å². The van der Waals surface area contributed by atoms with Gasteiger partial charge in [-0.15, -0.1) is 0 Å². The van der Waals surface area contributed by atoms with E-state index in [1.807, 2.05) is 30.3 Å². The zero-order chi connectivity index (χ0) is 27.0. The van der Waals surface area contributed by atoms with Crippen molar-refractivity contribution in [2.45, 2.75) is 34.0 Å². The van der Waals surface area contributed by atoms with Gasteiger partial charge < -0.3 is 4.42 Å². The van der Waals surface area contributed by atoms with Crippen molar-refractivity contribution in [2.24, 2.45) is 5.41 Å². The lowest BCUT2D eigenvalue weighted by atomic mass is 9.86.